The van der Waals surface area contributed by atoms with Crippen LogP contribution in [0.4, 0.5) is 4.39 Å². The van der Waals surface area contributed by atoms with Gasteiger partial charge in [-0.05, 0) is 43.5 Å². The molecule has 0 aliphatic rings. The summed E-state index contributed by atoms with van der Waals surface area (Å²) in [6, 6.07) is 13.7. The first-order valence-electron chi connectivity index (χ1n) is 9.85. The third kappa shape index (κ3) is 7.54. The van der Waals surface area contributed by atoms with E-state index in [4.69, 9.17) is 0 Å². The minimum absolute atomic E-state index is 0.106. The van der Waals surface area contributed by atoms with Crippen molar-refractivity contribution in [2.45, 2.75) is 45.5 Å². The molecule has 0 aliphatic heterocycles. The fourth-order valence-electron chi connectivity index (χ4n) is 2.79. The number of amides is 2. The van der Waals surface area contributed by atoms with E-state index in [-0.39, 0.29) is 29.9 Å². The summed E-state index contributed by atoms with van der Waals surface area (Å²) in [5.41, 5.74) is 3.15. The van der Waals surface area contributed by atoms with Gasteiger partial charge in [-0.2, -0.15) is 0 Å². The molecular weight excluding hydrogens is 387 g/mol. The van der Waals surface area contributed by atoms with Gasteiger partial charge in [0.15, 0.2) is 0 Å². The number of carbonyl (C=O) groups excluding carboxylic acids is 2. The van der Waals surface area contributed by atoms with Crippen molar-refractivity contribution in [2.24, 2.45) is 0 Å². The van der Waals surface area contributed by atoms with Crippen molar-refractivity contribution in [1.29, 1.82) is 0 Å². The van der Waals surface area contributed by atoms with Gasteiger partial charge in [0.25, 0.3) is 0 Å². The van der Waals surface area contributed by atoms with Gasteiger partial charge in [0.05, 0.1) is 5.75 Å². The van der Waals surface area contributed by atoms with Crippen molar-refractivity contribution in [3.8, 4) is 0 Å². The van der Waals surface area contributed by atoms with Gasteiger partial charge in [-0.1, -0.05) is 48.9 Å². The van der Waals surface area contributed by atoms with Gasteiger partial charge in [0.2, 0.25) is 11.8 Å². The van der Waals surface area contributed by atoms with Crippen LogP contribution in [0.25, 0.3) is 0 Å². The number of hydrogen-bond donors (Lipinski definition) is 1. The number of rotatable bonds is 10. The average molecular weight is 417 g/mol. The molecule has 0 bridgehead atoms. The molecule has 2 aromatic rings. The average Bonchev–Trinajstić information content (AvgIpc) is 2.72. The Morgan fingerprint density at radius 1 is 1.07 bits per heavy atom. The van der Waals surface area contributed by atoms with Crippen LogP contribution in [0.2, 0.25) is 0 Å². The highest BCUT2D eigenvalue weighted by molar-refractivity contribution is 7.99. The Morgan fingerprint density at radius 2 is 1.69 bits per heavy atom. The molecule has 0 heterocycles. The Labute approximate surface area is 176 Å². The lowest BCUT2D eigenvalue weighted by Gasteiger charge is -2.28. The molecule has 2 amide bonds. The maximum absolute atomic E-state index is 13.2. The summed E-state index contributed by atoms with van der Waals surface area (Å²) >= 11 is 1.53. The van der Waals surface area contributed by atoms with Gasteiger partial charge in [0.1, 0.15) is 11.9 Å². The van der Waals surface area contributed by atoms with E-state index in [0.29, 0.717) is 6.54 Å². The van der Waals surface area contributed by atoms with Crippen LogP contribution in [-0.2, 0) is 21.9 Å². The first kappa shape index (κ1) is 22.9. The first-order valence-corrected chi connectivity index (χ1v) is 11.0. The van der Waals surface area contributed by atoms with Crippen molar-refractivity contribution in [3.05, 3.63) is 71.0 Å². The lowest BCUT2D eigenvalue weighted by molar-refractivity contribution is -0.138. The Bertz CT molecular complexity index is 794. The van der Waals surface area contributed by atoms with Gasteiger partial charge in [-0.3, -0.25) is 9.59 Å². The topological polar surface area (TPSA) is 49.4 Å². The van der Waals surface area contributed by atoms with E-state index in [2.05, 4.69) is 29.6 Å². The van der Waals surface area contributed by atoms with E-state index >= 15 is 0 Å². The molecule has 0 aliphatic carbocycles. The van der Waals surface area contributed by atoms with E-state index in [0.717, 1.165) is 23.3 Å². The van der Waals surface area contributed by atoms with Crippen LogP contribution < -0.4 is 5.32 Å². The molecular formula is C23H29FN2O2S. The Balaban J connectivity index is 2.03. The van der Waals surface area contributed by atoms with Crippen LogP contribution in [0, 0.1) is 12.7 Å². The number of carbonyl (C=O) groups is 2. The van der Waals surface area contributed by atoms with Gasteiger partial charge in [-0.25, -0.2) is 4.39 Å². The molecule has 1 atom stereocenters. The molecule has 156 valence electrons. The minimum atomic E-state index is -0.598. The number of nitrogens with zero attached hydrogens (tertiary/aromatic N) is 1. The van der Waals surface area contributed by atoms with Crippen LogP contribution in [0.15, 0.2) is 48.5 Å². The fraction of sp³-hybridized carbons (Fsp3) is 0.391. The number of nitrogens with one attached hydrogen (secondary N) is 1. The maximum atomic E-state index is 13.2. The molecule has 0 aromatic heterocycles. The summed E-state index contributed by atoms with van der Waals surface area (Å²) in [5.74, 6) is 0.401. The molecule has 0 radical (unpaired) electrons. The van der Waals surface area contributed by atoms with E-state index in [1.54, 1.807) is 24.0 Å². The van der Waals surface area contributed by atoms with Gasteiger partial charge in [0, 0.05) is 18.8 Å². The quantitative estimate of drug-likeness (QED) is 0.628. The van der Waals surface area contributed by atoms with E-state index in [1.807, 2.05) is 13.8 Å². The summed E-state index contributed by atoms with van der Waals surface area (Å²) in [6.45, 7) is 6.60. The number of thioether (sulfide) groups is 1. The summed E-state index contributed by atoms with van der Waals surface area (Å²) in [6.07, 6.45) is 0.830. The standard InChI is InChI=1S/C23H29FN2O2S/c1-4-13-25-23(28)18(3)26(14-19-9-11-21(24)12-10-19)22(27)16-29-15-20-7-5-17(2)6-8-20/h5-12,18H,4,13-16H2,1-3H3,(H,25,28)/t18-/m1/s1. The Hall–Kier alpha value is -2.34. The monoisotopic (exact) mass is 416 g/mol. The predicted octanol–water partition coefficient (Wildman–Crippen LogP) is 4.31. The molecule has 2 aromatic carbocycles. The molecule has 0 saturated heterocycles. The molecule has 0 unspecified atom stereocenters. The van der Waals surface area contributed by atoms with Crippen LogP contribution in [-0.4, -0.2) is 35.1 Å². The molecule has 0 spiro atoms. The Kier molecular flexibility index (Phi) is 9.19. The summed E-state index contributed by atoms with van der Waals surface area (Å²) < 4.78 is 13.2. The van der Waals surface area contributed by atoms with Crippen molar-refractivity contribution >= 4 is 23.6 Å². The summed E-state index contributed by atoms with van der Waals surface area (Å²) in [7, 11) is 0. The molecule has 29 heavy (non-hydrogen) atoms. The van der Waals surface area contributed by atoms with Crippen LogP contribution in [0.1, 0.15) is 37.0 Å². The molecule has 0 fully saturated rings. The second kappa shape index (κ2) is 11.6. The van der Waals surface area contributed by atoms with Gasteiger partial charge in [-0.15, -0.1) is 11.8 Å². The second-order valence-corrected chi connectivity index (χ2v) is 8.08. The van der Waals surface area contributed by atoms with Gasteiger partial charge >= 0.3 is 0 Å². The van der Waals surface area contributed by atoms with Crippen molar-refractivity contribution < 1.29 is 14.0 Å². The summed E-state index contributed by atoms with van der Waals surface area (Å²) in [4.78, 5) is 26.9. The van der Waals surface area contributed by atoms with Crippen molar-refractivity contribution in [2.75, 3.05) is 12.3 Å². The molecule has 2 rings (SSSR count). The number of halogens is 1. The summed E-state index contributed by atoms with van der Waals surface area (Å²) in [5, 5.41) is 2.85. The van der Waals surface area contributed by atoms with Crippen molar-refractivity contribution in [1.82, 2.24) is 10.2 Å². The predicted molar refractivity (Wildman–Crippen MR) is 117 cm³/mol. The number of benzene rings is 2. The van der Waals surface area contributed by atoms with Crippen LogP contribution in [0.5, 0.6) is 0 Å². The van der Waals surface area contributed by atoms with Gasteiger partial charge < -0.3 is 10.2 Å². The second-order valence-electron chi connectivity index (χ2n) is 7.09. The fourth-order valence-corrected chi connectivity index (χ4v) is 3.66. The normalized spacial score (nSPS) is 11.7. The minimum Gasteiger partial charge on any atom is -0.354 e. The first-order chi connectivity index (χ1) is 13.9. The third-order valence-electron chi connectivity index (χ3n) is 4.60. The van der Waals surface area contributed by atoms with E-state index < -0.39 is 6.04 Å². The third-order valence-corrected chi connectivity index (χ3v) is 5.59. The lowest BCUT2D eigenvalue weighted by Crippen LogP contribution is -2.48. The van der Waals surface area contributed by atoms with Crippen molar-refractivity contribution in [3.63, 3.8) is 0 Å². The zero-order chi connectivity index (χ0) is 21.2. The SMILES string of the molecule is CCCNC(=O)[C@@H](C)N(Cc1ccc(F)cc1)C(=O)CSCc1ccc(C)cc1. The lowest BCUT2D eigenvalue weighted by atomic mass is 10.1. The zero-order valence-electron chi connectivity index (χ0n) is 17.3. The Morgan fingerprint density at radius 3 is 2.31 bits per heavy atom. The molecule has 0 saturated carbocycles. The van der Waals surface area contributed by atoms with Crippen LogP contribution >= 0.6 is 11.8 Å². The molecule has 6 heteroatoms. The maximum Gasteiger partial charge on any atom is 0.242 e. The highest BCUT2D eigenvalue weighted by atomic mass is 32.2. The molecule has 4 nitrogen and oxygen atoms in total. The smallest absolute Gasteiger partial charge is 0.242 e. The number of aryl methyl sites for hydroxylation is 1. The largest absolute Gasteiger partial charge is 0.354 e. The zero-order valence-corrected chi connectivity index (χ0v) is 18.1. The van der Waals surface area contributed by atoms with E-state index in [9.17, 15) is 14.0 Å². The van der Waals surface area contributed by atoms with E-state index in [1.165, 1.54) is 29.5 Å². The number of hydrogen-bond acceptors (Lipinski definition) is 3. The highest BCUT2D eigenvalue weighted by Crippen LogP contribution is 2.16. The molecule has 1 N–H and O–H groups in total. The van der Waals surface area contributed by atoms with Crippen LogP contribution in [0.3, 0.4) is 0 Å². The highest BCUT2D eigenvalue weighted by Gasteiger charge is 2.25.